The SMILES string of the molecule is CCc1cc(Cl)nc(-c2ccc(F)cc2)n1. The zero-order chi connectivity index (χ0) is 11.5. The summed E-state index contributed by atoms with van der Waals surface area (Å²) in [6, 6.07) is 7.77. The normalized spacial score (nSPS) is 10.4. The highest BCUT2D eigenvalue weighted by atomic mass is 35.5. The molecule has 0 saturated heterocycles. The van der Waals surface area contributed by atoms with E-state index in [0.717, 1.165) is 17.7 Å². The summed E-state index contributed by atoms with van der Waals surface area (Å²) in [7, 11) is 0. The van der Waals surface area contributed by atoms with Crippen LogP contribution in [0.25, 0.3) is 11.4 Å². The first-order chi connectivity index (χ1) is 7.69. The third kappa shape index (κ3) is 2.36. The van der Waals surface area contributed by atoms with E-state index >= 15 is 0 Å². The summed E-state index contributed by atoms with van der Waals surface area (Å²) in [5.41, 5.74) is 1.64. The summed E-state index contributed by atoms with van der Waals surface area (Å²) in [5.74, 6) is 0.255. The van der Waals surface area contributed by atoms with E-state index in [1.54, 1.807) is 18.2 Å². The minimum absolute atomic E-state index is 0.276. The summed E-state index contributed by atoms with van der Waals surface area (Å²) in [6.07, 6.45) is 0.788. The third-order valence-electron chi connectivity index (χ3n) is 2.21. The molecule has 0 amide bonds. The highest BCUT2D eigenvalue weighted by Crippen LogP contribution is 2.18. The van der Waals surface area contributed by atoms with Gasteiger partial charge in [0.25, 0.3) is 0 Å². The second-order valence-corrected chi connectivity index (χ2v) is 3.75. The van der Waals surface area contributed by atoms with Gasteiger partial charge in [0, 0.05) is 11.3 Å². The van der Waals surface area contributed by atoms with Crippen molar-refractivity contribution in [2.24, 2.45) is 0 Å². The van der Waals surface area contributed by atoms with Crippen molar-refractivity contribution in [3.63, 3.8) is 0 Å². The zero-order valence-corrected chi connectivity index (χ0v) is 9.50. The lowest BCUT2D eigenvalue weighted by Gasteiger charge is -2.03. The number of aromatic nitrogens is 2. The third-order valence-corrected chi connectivity index (χ3v) is 2.41. The Kier molecular flexibility index (Phi) is 3.15. The van der Waals surface area contributed by atoms with E-state index in [2.05, 4.69) is 9.97 Å². The molecule has 0 bridgehead atoms. The summed E-state index contributed by atoms with van der Waals surface area (Å²) >= 11 is 5.88. The number of aryl methyl sites for hydroxylation is 1. The molecule has 0 atom stereocenters. The quantitative estimate of drug-likeness (QED) is 0.746. The molecular weight excluding hydrogens is 227 g/mol. The molecule has 2 rings (SSSR count). The Morgan fingerprint density at radius 3 is 2.50 bits per heavy atom. The van der Waals surface area contributed by atoms with Gasteiger partial charge in [0.15, 0.2) is 5.82 Å². The molecular formula is C12H10ClFN2. The fraction of sp³-hybridized carbons (Fsp3) is 0.167. The van der Waals surface area contributed by atoms with Crippen LogP contribution >= 0.6 is 11.6 Å². The van der Waals surface area contributed by atoms with Crippen molar-refractivity contribution in [3.8, 4) is 11.4 Å². The Morgan fingerprint density at radius 1 is 1.19 bits per heavy atom. The van der Waals surface area contributed by atoms with Crippen LogP contribution in [0.5, 0.6) is 0 Å². The van der Waals surface area contributed by atoms with Gasteiger partial charge in [0.1, 0.15) is 11.0 Å². The minimum atomic E-state index is -0.276. The van der Waals surface area contributed by atoms with Gasteiger partial charge in [-0.05, 0) is 36.8 Å². The first-order valence-corrected chi connectivity index (χ1v) is 5.36. The van der Waals surface area contributed by atoms with Crippen molar-refractivity contribution in [3.05, 3.63) is 47.0 Å². The van der Waals surface area contributed by atoms with Crippen LogP contribution in [-0.4, -0.2) is 9.97 Å². The second kappa shape index (κ2) is 4.58. The highest BCUT2D eigenvalue weighted by molar-refractivity contribution is 6.29. The minimum Gasteiger partial charge on any atom is -0.233 e. The van der Waals surface area contributed by atoms with Gasteiger partial charge < -0.3 is 0 Å². The lowest BCUT2D eigenvalue weighted by atomic mass is 10.2. The fourth-order valence-corrected chi connectivity index (χ4v) is 1.58. The summed E-state index contributed by atoms with van der Waals surface area (Å²) in [6.45, 7) is 1.99. The molecule has 2 aromatic rings. The topological polar surface area (TPSA) is 25.8 Å². The number of nitrogens with zero attached hydrogens (tertiary/aromatic N) is 2. The van der Waals surface area contributed by atoms with E-state index in [4.69, 9.17) is 11.6 Å². The molecule has 0 spiro atoms. The molecule has 0 aliphatic heterocycles. The van der Waals surface area contributed by atoms with Crippen LogP contribution in [0.1, 0.15) is 12.6 Å². The van der Waals surface area contributed by atoms with Crippen molar-refractivity contribution in [2.75, 3.05) is 0 Å². The van der Waals surface area contributed by atoms with Crippen LogP contribution in [0, 0.1) is 5.82 Å². The number of hydrogen-bond donors (Lipinski definition) is 0. The molecule has 2 nitrogen and oxygen atoms in total. The monoisotopic (exact) mass is 236 g/mol. The molecule has 0 fully saturated rings. The Labute approximate surface area is 98.1 Å². The molecule has 0 unspecified atom stereocenters. The largest absolute Gasteiger partial charge is 0.233 e. The van der Waals surface area contributed by atoms with Crippen LogP contribution in [0.4, 0.5) is 4.39 Å². The van der Waals surface area contributed by atoms with Crippen molar-refractivity contribution in [1.82, 2.24) is 9.97 Å². The first-order valence-electron chi connectivity index (χ1n) is 4.98. The molecule has 82 valence electrons. The van der Waals surface area contributed by atoms with E-state index in [1.165, 1.54) is 12.1 Å². The van der Waals surface area contributed by atoms with Gasteiger partial charge in [0.2, 0.25) is 0 Å². The average molecular weight is 237 g/mol. The molecule has 0 N–H and O–H groups in total. The molecule has 1 aromatic heterocycles. The molecule has 16 heavy (non-hydrogen) atoms. The first kappa shape index (κ1) is 11.0. The zero-order valence-electron chi connectivity index (χ0n) is 8.74. The van der Waals surface area contributed by atoms with Crippen LogP contribution in [0.3, 0.4) is 0 Å². The van der Waals surface area contributed by atoms with Crippen LogP contribution < -0.4 is 0 Å². The van der Waals surface area contributed by atoms with E-state index in [-0.39, 0.29) is 5.82 Å². The number of rotatable bonds is 2. The second-order valence-electron chi connectivity index (χ2n) is 3.37. The van der Waals surface area contributed by atoms with Crippen molar-refractivity contribution in [1.29, 1.82) is 0 Å². The molecule has 4 heteroatoms. The van der Waals surface area contributed by atoms with Gasteiger partial charge in [0.05, 0.1) is 0 Å². The Balaban J connectivity index is 2.47. The van der Waals surface area contributed by atoms with Crippen molar-refractivity contribution >= 4 is 11.6 Å². The number of halogens is 2. The Morgan fingerprint density at radius 2 is 1.88 bits per heavy atom. The van der Waals surface area contributed by atoms with E-state index < -0.39 is 0 Å². The van der Waals surface area contributed by atoms with Gasteiger partial charge in [-0.2, -0.15) is 0 Å². The highest BCUT2D eigenvalue weighted by Gasteiger charge is 2.04. The smallest absolute Gasteiger partial charge is 0.161 e. The predicted octanol–water partition coefficient (Wildman–Crippen LogP) is 3.50. The standard InChI is InChI=1S/C12H10ClFN2/c1-2-10-7-11(13)16-12(15-10)8-3-5-9(14)6-4-8/h3-7H,2H2,1H3. The Bertz CT molecular complexity index is 497. The molecule has 0 saturated carbocycles. The van der Waals surface area contributed by atoms with E-state index in [0.29, 0.717) is 11.0 Å². The maximum atomic E-state index is 12.8. The average Bonchev–Trinajstić information content (AvgIpc) is 2.29. The van der Waals surface area contributed by atoms with Gasteiger partial charge in [-0.3, -0.25) is 0 Å². The van der Waals surface area contributed by atoms with Gasteiger partial charge >= 0.3 is 0 Å². The lowest BCUT2D eigenvalue weighted by molar-refractivity contribution is 0.628. The summed E-state index contributed by atoms with van der Waals surface area (Å²) < 4.78 is 12.8. The van der Waals surface area contributed by atoms with Crippen LogP contribution in [0.2, 0.25) is 5.15 Å². The number of benzene rings is 1. The molecule has 0 radical (unpaired) electrons. The lowest BCUT2D eigenvalue weighted by Crippen LogP contribution is -1.94. The van der Waals surface area contributed by atoms with E-state index in [9.17, 15) is 4.39 Å². The molecule has 1 aromatic carbocycles. The van der Waals surface area contributed by atoms with Crippen molar-refractivity contribution in [2.45, 2.75) is 13.3 Å². The van der Waals surface area contributed by atoms with Gasteiger partial charge in [-0.1, -0.05) is 18.5 Å². The summed E-state index contributed by atoms with van der Waals surface area (Å²) in [4.78, 5) is 8.45. The van der Waals surface area contributed by atoms with Gasteiger partial charge in [-0.15, -0.1) is 0 Å². The maximum absolute atomic E-state index is 12.8. The number of hydrogen-bond acceptors (Lipinski definition) is 2. The van der Waals surface area contributed by atoms with Crippen molar-refractivity contribution < 1.29 is 4.39 Å². The maximum Gasteiger partial charge on any atom is 0.161 e. The molecule has 1 heterocycles. The predicted molar refractivity (Wildman–Crippen MR) is 61.8 cm³/mol. The Hall–Kier alpha value is -1.48. The molecule has 0 aliphatic carbocycles. The fourth-order valence-electron chi connectivity index (χ4n) is 1.37. The van der Waals surface area contributed by atoms with Gasteiger partial charge in [-0.25, -0.2) is 14.4 Å². The van der Waals surface area contributed by atoms with Crippen LogP contribution in [-0.2, 0) is 6.42 Å². The molecule has 0 aliphatic rings. The summed E-state index contributed by atoms with van der Waals surface area (Å²) in [5, 5.41) is 0.408. The van der Waals surface area contributed by atoms with Crippen LogP contribution in [0.15, 0.2) is 30.3 Å². The van der Waals surface area contributed by atoms with E-state index in [1.807, 2.05) is 6.92 Å².